The second-order valence-corrected chi connectivity index (χ2v) is 7.32. The molecule has 1 aromatic carbocycles. The average molecular weight is 400 g/mol. The predicted octanol–water partition coefficient (Wildman–Crippen LogP) is 3.73. The van der Waals surface area contributed by atoms with Crippen molar-refractivity contribution in [1.29, 1.82) is 0 Å². The average Bonchev–Trinajstić information content (AvgIpc) is 3.41. The zero-order valence-corrected chi connectivity index (χ0v) is 15.7. The molecule has 1 aliphatic carbocycles. The first-order valence-corrected chi connectivity index (χ1v) is 9.35. The first-order chi connectivity index (χ1) is 12.1. The van der Waals surface area contributed by atoms with Crippen molar-refractivity contribution in [3.8, 4) is 0 Å². The van der Waals surface area contributed by atoms with Gasteiger partial charge in [-0.25, -0.2) is 0 Å². The number of hydrogen-bond donors (Lipinski definition) is 1. The highest BCUT2D eigenvalue weighted by Gasteiger charge is 2.25. The molecule has 1 saturated carbocycles. The molecular formula is C16H17Cl3N6. The summed E-state index contributed by atoms with van der Waals surface area (Å²) in [4.78, 5) is 17.3. The van der Waals surface area contributed by atoms with Gasteiger partial charge in [-0.05, 0) is 36.6 Å². The highest BCUT2D eigenvalue weighted by molar-refractivity contribution is 6.43. The number of rotatable bonds is 4. The van der Waals surface area contributed by atoms with Crippen molar-refractivity contribution in [1.82, 2.24) is 15.0 Å². The molecule has 2 aromatic rings. The van der Waals surface area contributed by atoms with Gasteiger partial charge < -0.3 is 15.1 Å². The Labute approximate surface area is 161 Å². The Bertz CT molecular complexity index is 774. The molecule has 2 heterocycles. The van der Waals surface area contributed by atoms with Crippen LogP contribution in [0.15, 0.2) is 18.2 Å². The van der Waals surface area contributed by atoms with Gasteiger partial charge in [-0.2, -0.15) is 15.0 Å². The predicted molar refractivity (Wildman–Crippen MR) is 102 cm³/mol. The highest BCUT2D eigenvalue weighted by Crippen LogP contribution is 2.33. The zero-order valence-electron chi connectivity index (χ0n) is 13.4. The number of piperazine rings is 1. The molecule has 9 heteroatoms. The second kappa shape index (κ2) is 7.02. The highest BCUT2D eigenvalue weighted by atomic mass is 35.5. The lowest BCUT2D eigenvalue weighted by atomic mass is 10.2. The summed E-state index contributed by atoms with van der Waals surface area (Å²) in [7, 11) is 0. The third kappa shape index (κ3) is 3.86. The molecule has 0 radical (unpaired) electrons. The summed E-state index contributed by atoms with van der Waals surface area (Å²) in [5.41, 5.74) is 0.957. The van der Waals surface area contributed by atoms with Gasteiger partial charge in [0.2, 0.25) is 17.2 Å². The lowest BCUT2D eigenvalue weighted by Crippen LogP contribution is -2.47. The minimum atomic E-state index is 0.216. The third-order valence-electron chi connectivity index (χ3n) is 4.34. The van der Waals surface area contributed by atoms with Crippen LogP contribution in [0, 0.1) is 0 Å². The van der Waals surface area contributed by atoms with Crippen LogP contribution < -0.4 is 15.1 Å². The summed E-state index contributed by atoms with van der Waals surface area (Å²) in [6.07, 6.45) is 2.30. The summed E-state index contributed by atoms with van der Waals surface area (Å²) >= 11 is 18.5. The Kier molecular flexibility index (Phi) is 4.75. The number of benzene rings is 1. The zero-order chi connectivity index (χ0) is 17.4. The van der Waals surface area contributed by atoms with Gasteiger partial charge in [0.05, 0.1) is 15.7 Å². The Morgan fingerprint density at radius 2 is 1.64 bits per heavy atom. The van der Waals surface area contributed by atoms with Crippen molar-refractivity contribution in [3.63, 3.8) is 0 Å². The van der Waals surface area contributed by atoms with Crippen LogP contribution in [0.5, 0.6) is 0 Å². The lowest BCUT2D eigenvalue weighted by Gasteiger charge is -2.36. The molecule has 132 valence electrons. The standard InChI is InChI=1S/C16H17Cl3N6/c17-11-2-1-3-12(13(11)18)24-6-8-25(9-7-24)16-22-14(19)21-15(23-16)20-10-4-5-10/h1-3,10H,4-9H2,(H,20,21,22,23). The van der Waals surface area contributed by atoms with Crippen molar-refractivity contribution in [2.75, 3.05) is 41.3 Å². The van der Waals surface area contributed by atoms with E-state index in [2.05, 4.69) is 30.1 Å². The third-order valence-corrected chi connectivity index (χ3v) is 5.32. The van der Waals surface area contributed by atoms with Crippen molar-refractivity contribution >= 4 is 52.4 Å². The SMILES string of the molecule is Clc1nc(NC2CC2)nc(N2CCN(c3cccc(Cl)c3Cl)CC2)n1. The lowest BCUT2D eigenvalue weighted by molar-refractivity contribution is 0.639. The number of halogens is 3. The van der Waals surface area contributed by atoms with Crippen LogP contribution in [-0.2, 0) is 0 Å². The molecule has 4 rings (SSSR count). The van der Waals surface area contributed by atoms with Crippen LogP contribution in [0.3, 0.4) is 0 Å². The van der Waals surface area contributed by atoms with E-state index in [0.717, 1.165) is 44.7 Å². The maximum atomic E-state index is 6.33. The minimum absolute atomic E-state index is 0.216. The van der Waals surface area contributed by atoms with Crippen molar-refractivity contribution < 1.29 is 0 Å². The van der Waals surface area contributed by atoms with Gasteiger partial charge in [-0.3, -0.25) is 0 Å². The van der Waals surface area contributed by atoms with E-state index in [-0.39, 0.29) is 5.28 Å². The van der Waals surface area contributed by atoms with E-state index >= 15 is 0 Å². The molecule has 0 unspecified atom stereocenters. The van der Waals surface area contributed by atoms with Crippen LogP contribution in [0.2, 0.25) is 15.3 Å². The number of aromatic nitrogens is 3. The van der Waals surface area contributed by atoms with Gasteiger partial charge in [0.1, 0.15) is 0 Å². The first-order valence-electron chi connectivity index (χ1n) is 8.22. The summed E-state index contributed by atoms with van der Waals surface area (Å²) in [6, 6.07) is 6.16. The minimum Gasteiger partial charge on any atom is -0.367 e. The van der Waals surface area contributed by atoms with E-state index in [9.17, 15) is 0 Å². The normalized spacial score (nSPS) is 17.7. The number of nitrogens with zero attached hydrogens (tertiary/aromatic N) is 5. The number of anilines is 3. The van der Waals surface area contributed by atoms with E-state index in [0.29, 0.717) is 28.0 Å². The topological polar surface area (TPSA) is 57.2 Å². The summed E-state index contributed by atoms with van der Waals surface area (Å²) in [5.74, 6) is 1.16. The molecule has 0 spiro atoms. The fourth-order valence-corrected chi connectivity index (χ4v) is 3.41. The quantitative estimate of drug-likeness (QED) is 0.845. The maximum Gasteiger partial charge on any atom is 0.231 e. The molecule has 0 amide bonds. The summed E-state index contributed by atoms with van der Waals surface area (Å²) in [5, 5.41) is 4.65. The van der Waals surface area contributed by atoms with Gasteiger partial charge in [-0.15, -0.1) is 0 Å². The van der Waals surface area contributed by atoms with E-state index in [1.54, 1.807) is 6.07 Å². The second-order valence-electron chi connectivity index (χ2n) is 6.19. The van der Waals surface area contributed by atoms with Crippen molar-refractivity contribution in [3.05, 3.63) is 33.5 Å². The van der Waals surface area contributed by atoms with E-state index in [1.807, 2.05) is 12.1 Å². The van der Waals surface area contributed by atoms with Crippen molar-refractivity contribution in [2.45, 2.75) is 18.9 Å². The van der Waals surface area contributed by atoms with E-state index in [4.69, 9.17) is 34.8 Å². The van der Waals surface area contributed by atoms with Gasteiger partial charge in [0.25, 0.3) is 0 Å². The molecule has 2 fully saturated rings. The Balaban J connectivity index is 1.46. The van der Waals surface area contributed by atoms with Gasteiger partial charge >= 0.3 is 0 Å². The first kappa shape index (κ1) is 16.9. The molecule has 1 aliphatic heterocycles. The maximum absolute atomic E-state index is 6.33. The summed E-state index contributed by atoms with van der Waals surface area (Å²) in [6.45, 7) is 3.14. The van der Waals surface area contributed by atoms with Crippen LogP contribution in [0.4, 0.5) is 17.6 Å². The van der Waals surface area contributed by atoms with Gasteiger partial charge in [0.15, 0.2) is 0 Å². The summed E-state index contributed by atoms with van der Waals surface area (Å²) < 4.78 is 0. The molecule has 6 nitrogen and oxygen atoms in total. The molecular weight excluding hydrogens is 383 g/mol. The molecule has 1 N–H and O–H groups in total. The van der Waals surface area contributed by atoms with E-state index < -0.39 is 0 Å². The van der Waals surface area contributed by atoms with Crippen molar-refractivity contribution in [2.24, 2.45) is 0 Å². The molecule has 2 aliphatic rings. The molecule has 1 aromatic heterocycles. The molecule has 0 bridgehead atoms. The Morgan fingerprint density at radius 1 is 0.920 bits per heavy atom. The van der Waals surface area contributed by atoms with Crippen LogP contribution >= 0.6 is 34.8 Å². The number of hydrogen-bond acceptors (Lipinski definition) is 6. The molecule has 1 saturated heterocycles. The van der Waals surface area contributed by atoms with Gasteiger partial charge in [0, 0.05) is 32.2 Å². The van der Waals surface area contributed by atoms with E-state index in [1.165, 1.54) is 0 Å². The monoisotopic (exact) mass is 398 g/mol. The fraction of sp³-hybridized carbons (Fsp3) is 0.438. The smallest absolute Gasteiger partial charge is 0.231 e. The van der Waals surface area contributed by atoms with Crippen LogP contribution in [-0.4, -0.2) is 47.2 Å². The Morgan fingerprint density at radius 3 is 2.36 bits per heavy atom. The van der Waals surface area contributed by atoms with Crippen LogP contribution in [0.25, 0.3) is 0 Å². The largest absolute Gasteiger partial charge is 0.367 e. The van der Waals surface area contributed by atoms with Crippen LogP contribution in [0.1, 0.15) is 12.8 Å². The molecule has 0 atom stereocenters. The fourth-order valence-electron chi connectivity index (χ4n) is 2.84. The Hall–Kier alpha value is -1.50. The van der Waals surface area contributed by atoms with Gasteiger partial charge in [-0.1, -0.05) is 29.3 Å². The number of nitrogens with one attached hydrogen (secondary N) is 1. The molecule has 25 heavy (non-hydrogen) atoms.